The van der Waals surface area contributed by atoms with E-state index < -0.39 is 18.7 Å². The van der Waals surface area contributed by atoms with Crippen molar-refractivity contribution in [3.8, 4) is 5.75 Å². The zero-order valence-electron chi connectivity index (χ0n) is 14.2. The summed E-state index contributed by atoms with van der Waals surface area (Å²) in [5.41, 5.74) is 5.93. The van der Waals surface area contributed by atoms with Crippen LogP contribution in [0.1, 0.15) is 60.5 Å². The normalized spacial score (nSPS) is 18.4. The highest BCUT2D eigenvalue weighted by Crippen LogP contribution is 2.45. The molecule has 2 N–H and O–H groups in total. The van der Waals surface area contributed by atoms with E-state index in [0.717, 1.165) is 25.7 Å². The van der Waals surface area contributed by atoms with Gasteiger partial charge in [0.2, 0.25) is 5.91 Å². The van der Waals surface area contributed by atoms with E-state index in [1.165, 1.54) is 12.3 Å². The smallest absolute Gasteiger partial charge is 0.422 e. The molecule has 0 spiro atoms. The second kappa shape index (κ2) is 7.25. The lowest BCUT2D eigenvalue weighted by Crippen LogP contribution is -2.21. The Hall–Kier alpha value is -2.12. The third-order valence-electron chi connectivity index (χ3n) is 4.79. The van der Waals surface area contributed by atoms with Crippen molar-refractivity contribution in [3.05, 3.63) is 23.5 Å². The van der Waals surface area contributed by atoms with Gasteiger partial charge in [0.05, 0.1) is 0 Å². The SMILES string of the molecule is NC(=O)CC(CC(=O)c1cc(OCC(F)(F)F)c(C2CC2)cn1)C1CC1. The van der Waals surface area contributed by atoms with Crippen molar-refractivity contribution in [3.63, 3.8) is 0 Å². The molecule has 1 atom stereocenters. The molecule has 0 aromatic carbocycles. The predicted octanol–water partition coefficient (Wildman–Crippen LogP) is 3.37. The van der Waals surface area contributed by atoms with Gasteiger partial charge in [0.1, 0.15) is 11.4 Å². The average Bonchev–Trinajstić information content (AvgIpc) is 3.44. The molecule has 2 saturated carbocycles. The Morgan fingerprint density at radius 3 is 2.46 bits per heavy atom. The average molecular weight is 370 g/mol. The van der Waals surface area contributed by atoms with Gasteiger partial charge in [-0.15, -0.1) is 0 Å². The maximum atomic E-state index is 12.5. The van der Waals surface area contributed by atoms with Gasteiger partial charge in [-0.3, -0.25) is 14.6 Å². The summed E-state index contributed by atoms with van der Waals surface area (Å²) in [6.45, 7) is -1.41. The molecule has 2 aliphatic rings. The number of carbonyl (C=O) groups excluding carboxylic acids is 2. The Morgan fingerprint density at radius 1 is 1.23 bits per heavy atom. The fourth-order valence-corrected chi connectivity index (χ4v) is 3.16. The summed E-state index contributed by atoms with van der Waals surface area (Å²) >= 11 is 0. The van der Waals surface area contributed by atoms with Gasteiger partial charge in [0, 0.05) is 30.7 Å². The lowest BCUT2D eigenvalue weighted by molar-refractivity contribution is -0.153. The van der Waals surface area contributed by atoms with E-state index in [2.05, 4.69) is 4.98 Å². The van der Waals surface area contributed by atoms with E-state index in [0.29, 0.717) is 11.5 Å². The van der Waals surface area contributed by atoms with Gasteiger partial charge in [-0.1, -0.05) is 0 Å². The minimum atomic E-state index is -4.45. The molecule has 1 unspecified atom stereocenters. The molecule has 1 aromatic rings. The molecule has 2 fully saturated rings. The van der Waals surface area contributed by atoms with Crippen LogP contribution in [0.2, 0.25) is 0 Å². The molecule has 3 rings (SSSR count). The first-order valence-corrected chi connectivity index (χ1v) is 8.74. The van der Waals surface area contributed by atoms with Gasteiger partial charge in [0.25, 0.3) is 0 Å². The molecular weight excluding hydrogens is 349 g/mol. The molecule has 1 amide bonds. The molecule has 0 bridgehead atoms. The third kappa shape index (κ3) is 5.19. The van der Waals surface area contributed by atoms with Crippen LogP contribution in [0.5, 0.6) is 5.75 Å². The van der Waals surface area contributed by atoms with Crippen molar-refractivity contribution >= 4 is 11.7 Å². The first kappa shape index (κ1) is 18.7. The van der Waals surface area contributed by atoms with Gasteiger partial charge in [-0.25, -0.2) is 0 Å². The number of primary amides is 1. The number of carbonyl (C=O) groups is 2. The van der Waals surface area contributed by atoms with Gasteiger partial charge >= 0.3 is 6.18 Å². The third-order valence-corrected chi connectivity index (χ3v) is 4.79. The van der Waals surface area contributed by atoms with Gasteiger partial charge < -0.3 is 10.5 Å². The van der Waals surface area contributed by atoms with Gasteiger partial charge in [0.15, 0.2) is 12.4 Å². The Morgan fingerprint density at radius 2 is 1.92 bits per heavy atom. The molecule has 0 saturated heterocycles. The van der Waals surface area contributed by atoms with Crippen LogP contribution in [0, 0.1) is 11.8 Å². The Labute approximate surface area is 149 Å². The maximum absolute atomic E-state index is 12.5. The number of aromatic nitrogens is 1. The number of ketones is 1. The predicted molar refractivity (Wildman–Crippen MR) is 86.7 cm³/mol. The molecule has 1 heterocycles. The Kier molecular flexibility index (Phi) is 5.20. The molecule has 0 aliphatic heterocycles. The van der Waals surface area contributed by atoms with Crippen molar-refractivity contribution in [2.24, 2.45) is 17.6 Å². The minimum Gasteiger partial charge on any atom is -0.484 e. The zero-order valence-corrected chi connectivity index (χ0v) is 14.2. The highest BCUT2D eigenvalue weighted by molar-refractivity contribution is 5.95. The van der Waals surface area contributed by atoms with Crippen LogP contribution >= 0.6 is 0 Å². The fourth-order valence-electron chi connectivity index (χ4n) is 3.16. The van der Waals surface area contributed by atoms with E-state index >= 15 is 0 Å². The van der Waals surface area contributed by atoms with E-state index in [9.17, 15) is 22.8 Å². The monoisotopic (exact) mass is 370 g/mol. The van der Waals surface area contributed by atoms with Crippen LogP contribution in [-0.2, 0) is 4.79 Å². The van der Waals surface area contributed by atoms with E-state index in [-0.39, 0.29) is 41.9 Å². The summed E-state index contributed by atoms with van der Waals surface area (Å²) in [7, 11) is 0. The molecular formula is C18H21F3N2O3. The number of hydrogen-bond acceptors (Lipinski definition) is 4. The topological polar surface area (TPSA) is 82.3 Å². The summed E-state index contributed by atoms with van der Waals surface area (Å²) in [4.78, 5) is 27.8. The zero-order chi connectivity index (χ0) is 18.9. The van der Waals surface area contributed by atoms with Crippen molar-refractivity contribution in [1.29, 1.82) is 0 Å². The van der Waals surface area contributed by atoms with Crippen LogP contribution in [-0.4, -0.2) is 29.5 Å². The van der Waals surface area contributed by atoms with Gasteiger partial charge in [-0.05, 0) is 43.4 Å². The largest absolute Gasteiger partial charge is 0.484 e. The Balaban J connectivity index is 1.73. The lowest BCUT2D eigenvalue weighted by atomic mass is 9.92. The fraction of sp³-hybridized carbons (Fsp3) is 0.611. The van der Waals surface area contributed by atoms with E-state index in [4.69, 9.17) is 10.5 Å². The van der Waals surface area contributed by atoms with Crippen LogP contribution in [0.4, 0.5) is 13.2 Å². The molecule has 26 heavy (non-hydrogen) atoms. The molecule has 2 aliphatic carbocycles. The van der Waals surface area contributed by atoms with Crippen LogP contribution in [0.15, 0.2) is 12.3 Å². The summed E-state index contributed by atoms with van der Waals surface area (Å²) in [6.07, 6.45) is 0.900. The number of halogens is 3. The number of alkyl halides is 3. The van der Waals surface area contributed by atoms with Crippen LogP contribution < -0.4 is 10.5 Å². The number of amides is 1. The van der Waals surface area contributed by atoms with Crippen LogP contribution in [0.25, 0.3) is 0 Å². The van der Waals surface area contributed by atoms with Crippen LogP contribution in [0.3, 0.4) is 0 Å². The van der Waals surface area contributed by atoms with Crippen molar-refractivity contribution in [1.82, 2.24) is 4.98 Å². The van der Waals surface area contributed by atoms with Crippen molar-refractivity contribution < 1.29 is 27.5 Å². The Bertz CT molecular complexity index is 697. The van der Waals surface area contributed by atoms with E-state index in [1.54, 1.807) is 0 Å². The number of rotatable bonds is 9. The quantitative estimate of drug-likeness (QED) is 0.676. The molecule has 0 radical (unpaired) electrons. The molecule has 1 aromatic heterocycles. The second-order valence-electron chi connectivity index (χ2n) is 7.18. The summed E-state index contributed by atoms with van der Waals surface area (Å²) in [5, 5.41) is 0. The first-order valence-electron chi connectivity index (χ1n) is 8.74. The molecule has 142 valence electrons. The number of Topliss-reactive ketones (excluding diaryl/α,β-unsaturated/α-hetero) is 1. The number of nitrogens with zero attached hydrogens (tertiary/aromatic N) is 1. The molecule has 5 nitrogen and oxygen atoms in total. The van der Waals surface area contributed by atoms with E-state index in [1.807, 2.05) is 0 Å². The summed E-state index contributed by atoms with van der Waals surface area (Å²) in [6, 6.07) is 1.30. The van der Waals surface area contributed by atoms with Gasteiger partial charge in [-0.2, -0.15) is 13.2 Å². The lowest BCUT2D eigenvalue weighted by Gasteiger charge is -2.15. The number of pyridine rings is 1. The molecule has 8 heteroatoms. The highest BCUT2D eigenvalue weighted by Gasteiger charge is 2.35. The number of hydrogen-bond donors (Lipinski definition) is 1. The first-order chi connectivity index (χ1) is 12.2. The number of ether oxygens (including phenoxy) is 1. The maximum Gasteiger partial charge on any atom is 0.422 e. The minimum absolute atomic E-state index is 0.0704. The number of nitrogens with two attached hydrogens (primary N) is 1. The highest BCUT2D eigenvalue weighted by atomic mass is 19.4. The van der Waals surface area contributed by atoms with Crippen molar-refractivity contribution in [2.75, 3.05) is 6.61 Å². The summed E-state index contributed by atoms with van der Waals surface area (Å²) in [5.74, 6) is -0.379. The van der Waals surface area contributed by atoms with Crippen molar-refractivity contribution in [2.45, 2.75) is 50.6 Å². The standard InChI is InChI=1S/C18H21F3N2O3/c19-18(20,21)9-26-16-7-14(23-8-13(16)11-3-4-11)15(24)5-12(6-17(22)25)10-1-2-10/h7-8,10-12H,1-6,9H2,(H2,22,25). The summed E-state index contributed by atoms with van der Waals surface area (Å²) < 4.78 is 42.4. The second-order valence-corrected chi connectivity index (χ2v) is 7.18.